The molecule has 0 aromatic carbocycles. The van der Waals surface area contributed by atoms with Crippen molar-refractivity contribution in [3.8, 4) is 6.07 Å². The van der Waals surface area contributed by atoms with Gasteiger partial charge in [-0.15, -0.1) is 0 Å². The number of nitriles is 1. The highest BCUT2D eigenvalue weighted by Crippen LogP contribution is 2.56. The summed E-state index contributed by atoms with van der Waals surface area (Å²) in [4.78, 5) is 33.8. The van der Waals surface area contributed by atoms with Crippen molar-refractivity contribution in [2.75, 3.05) is 29.4 Å². The molecule has 178 valence electrons. The third-order valence-electron chi connectivity index (χ3n) is 7.68. The number of carbonyl (C=O) groups is 1. The summed E-state index contributed by atoms with van der Waals surface area (Å²) in [6, 6.07) is 6.03. The van der Waals surface area contributed by atoms with Crippen LogP contribution in [0.2, 0.25) is 0 Å². The van der Waals surface area contributed by atoms with Crippen LogP contribution in [0.15, 0.2) is 24.7 Å². The topological polar surface area (TPSA) is 89.3 Å². The SMILES string of the molecule is C[C@@H]1CN(C(=O)C(C)(C)C)[C@@H](C)CN1c1ncnc2c1C1(CCC1)CN2c1cc(C#N)ccn1. The minimum Gasteiger partial charge on any atom is -0.350 e. The maximum Gasteiger partial charge on any atom is 0.228 e. The first-order valence-corrected chi connectivity index (χ1v) is 12.2. The highest BCUT2D eigenvalue weighted by Gasteiger charge is 2.52. The maximum atomic E-state index is 13.1. The van der Waals surface area contributed by atoms with E-state index in [9.17, 15) is 10.1 Å². The molecule has 8 nitrogen and oxygen atoms in total. The predicted molar refractivity (Wildman–Crippen MR) is 131 cm³/mol. The summed E-state index contributed by atoms with van der Waals surface area (Å²) in [7, 11) is 0. The third-order valence-corrected chi connectivity index (χ3v) is 7.68. The average molecular weight is 460 g/mol. The van der Waals surface area contributed by atoms with Crippen molar-refractivity contribution in [2.24, 2.45) is 5.41 Å². The zero-order chi connectivity index (χ0) is 24.3. The lowest BCUT2D eigenvalue weighted by Crippen LogP contribution is -2.60. The van der Waals surface area contributed by atoms with Crippen LogP contribution in [0.25, 0.3) is 0 Å². The molecule has 3 aliphatic rings. The summed E-state index contributed by atoms with van der Waals surface area (Å²) in [5, 5.41) is 9.38. The van der Waals surface area contributed by atoms with Crippen LogP contribution >= 0.6 is 0 Å². The Morgan fingerprint density at radius 1 is 1.12 bits per heavy atom. The largest absolute Gasteiger partial charge is 0.350 e. The van der Waals surface area contributed by atoms with Gasteiger partial charge in [-0.2, -0.15) is 5.26 Å². The van der Waals surface area contributed by atoms with Crippen molar-refractivity contribution in [3.63, 3.8) is 0 Å². The van der Waals surface area contributed by atoms with E-state index in [2.05, 4.69) is 34.7 Å². The fourth-order valence-electron chi connectivity index (χ4n) is 5.69. The Morgan fingerprint density at radius 3 is 2.50 bits per heavy atom. The summed E-state index contributed by atoms with van der Waals surface area (Å²) < 4.78 is 0. The Kier molecular flexibility index (Phi) is 5.27. The van der Waals surface area contributed by atoms with Crippen LogP contribution in [0.3, 0.4) is 0 Å². The summed E-state index contributed by atoms with van der Waals surface area (Å²) >= 11 is 0. The number of aromatic nitrogens is 3. The molecular formula is C26H33N7O. The molecule has 2 fully saturated rings. The highest BCUT2D eigenvalue weighted by atomic mass is 16.2. The van der Waals surface area contributed by atoms with Crippen molar-refractivity contribution in [1.29, 1.82) is 5.26 Å². The lowest BCUT2D eigenvalue weighted by Gasteiger charge is -2.48. The first-order valence-electron chi connectivity index (χ1n) is 12.2. The fourth-order valence-corrected chi connectivity index (χ4v) is 5.69. The Balaban J connectivity index is 1.52. The molecule has 1 amide bonds. The van der Waals surface area contributed by atoms with Crippen molar-refractivity contribution in [1.82, 2.24) is 19.9 Å². The highest BCUT2D eigenvalue weighted by molar-refractivity contribution is 5.82. The number of anilines is 3. The Morgan fingerprint density at radius 2 is 1.85 bits per heavy atom. The monoisotopic (exact) mass is 459 g/mol. The van der Waals surface area contributed by atoms with Crippen LogP contribution in [-0.2, 0) is 10.2 Å². The molecule has 2 aliphatic heterocycles. The van der Waals surface area contributed by atoms with Gasteiger partial charge in [0.05, 0.1) is 11.6 Å². The second-order valence-corrected chi connectivity index (χ2v) is 11.2. The molecule has 1 spiro atoms. The lowest BCUT2D eigenvalue weighted by molar-refractivity contribution is -0.142. The zero-order valence-corrected chi connectivity index (χ0v) is 20.7. The van der Waals surface area contributed by atoms with Crippen LogP contribution in [-0.4, -0.2) is 57.5 Å². The normalized spacial score (nSPS) is 23.5. The number of rotatable bonds is 2. The molecule has 2 aromatic rings. The van der Waals surface area contributed by atoms with Crippen LogP contribution in [0.1, 0.15) is 65.0 Å². The molecule has 5 rings (SSSR count). The quantitative estimate of drug-likeness (QED) is 0.675. The van der Waals surface area contributed by atoms with Crippen molar-refractivity contribution < 1.29 is 4.79 Å². The molecule has 0 unspecified atom stereocenters. The van der Waals surface area contributed by atoms with Gasteiger partial charge < -0.3 is 14.7 Å². The third kappa shape index (κ3) is 3.49. The average Bonchev–Trinajstić information content (AvgIpc) is 3.16. The van der Waals surface area contributed by atoms with Gasteiger partial charge in [0.2, 0.25) is 5.91 Å². The standard InChI is InChI=1S/C26H33N7O/c1-17-14-32(24(34)25(3,4)5)18(2)13-31(17)22-21-23(30-16-29-22)33(15-26(21)8-6-9-26)20-11-19(12-27)7-10-28-20/h7,10-11,16-18H,6,8-9,13-15H2,1-5H3/t17-,18+/m1/s1. The van der Waals surface area contributed by atoms with Gasteiger partial charge >= 0.3 is 0 Å². The van der Waals surface area contributed by atoms with E-state index in [0.29, 0.717) is 12.1 Å². The summed E-state index contributed by atoms with van der Waals surface area (Å²) in [5.41, 5.74) is 1.42. The van der Waals surface area contributed by atoms with Gasteiger partial charge in [-0.05, 0) is 38.8 Å². The fraction of sp³-hybridized carbons (Fsp3) is 0.577. The number of pyridine rings is 1. The first-order chi connectivity index (χ1) is 16.1. The van der Waals surface area contributed by atoms with Gasteiger partial charge in [0.1, 0.15) is 23.8 Å². The minimum atomic E-state index is -0.395. The second kappa shape index (κ2) is 7.93. The molecule has 8 heteroatoms. The number of fused-ring (bicyclic) bond motifs is 2. The summed E-state index contributed by atoms with van der Waals surface area (Å²) in [5.74, 6) is 2.85. The Labute approximate surface area is 201 Å². The molecule has 2 aromatic heterocycles. The first kappa shape index (κ1) is 22.6. The number of amides is 1. The van der Waals surface area contributed by atoms with E-state index in [1.54, 1.807) is 18.6 Å². The number of hydrogen-bond donors (Lipinski definition) is 0. The van der Waals surface area contributed by atoms with E-state index < -0.39 is 5.41 Å². The van der Waals surface area contributed by atoms with Gasteiger partial charge in [-0.3, -0.25) is 4.79 Å². The molecule has 1 saturated carbocycles. The molecule has 1 aliphatic carbocycles. The molecule has 34 heavy (non-hydrogen) atoms. The van der Waals surface area contributed by atoms with E-state index in [1.165, 1.54) is 12.0 Å². The summed E-state index contributed by atoms with van der Waals surface area (Å²) in [6.45, 7) is 12.5. The van der Waals surface area contributed by atoms with Crippen LogP contribution in [0.5, 0.6) is 0 Å². The number of nitrogens with zero attached hydrogens (tertiary/aromatic N) is 7. The van der Waals surface area contributed by atoms with Crippen molar-refractivity contribution in [2.45, 2.75) is 71.4 Å². The van der Waals surface area contributed by atoms with E-state index in [4.69, 9.17) is 9.97 Å². The van der Waals surface area contributed by atoms with E-state index >= 15 is 0 Å². The minimum absolute atomic E-state index is 0.0115. The second-order valence-electron chi connectivity index (χ2n) is 11.2. The predicted octanol–water partition coefficient (Wildman–Crippen LogP) is 3.79. The summed E-state index contributed by atoms with van der Waals surface area (Å²) in [6.07, 6.45) is 6.73. The van der Waals surface area contributed by atoms with Crippen molar-refractivity contribution in [3.05, 3.63) is 35.8 Å². The maximum absolute atomic E-state index is 13.1. The van der Waals surface area contributed by atoms with E-state index in [-0.39, 0.29) is 23.4 Å². The molecule has 0 N–H and O–H groups in total. The molecule has 0 bridgehead atoms. The van der Waals surface area contributed by atoms with Gasteiger partial charge in [0.25, 0.3) is 0 Å². The number of piperazine rings is 1. The van der Waals surface area contributed by atoms with E-state index in [1.807, 2.05) is 31.7 Å². The molecule has 2 atom stereocenters. The van der Waals surface area contributed by atoms with Crippen LogP contribution in [0.4, 0.5) is 17.5 Å². The van der Waals surface area contributed by atoms with Gasteiger partial charge in [-0.1, -0.05) is 27.2 Å². The van der Waals surface area contributed by atoms with Gasteiger partial charge in [-0.25, -0.2) is 15.0 Å². The van der Waals surface area contributed by atoms with Crippen LogP contribution in [0, 0.1) is 16.7 Å². The zero-order valence-electron chi connectivity index (χ0n) is 20.7. The van der Waals surface area contributed by atoms with E-state index in [0.717, 1.165) is 43.4 Å². The van der Waals surface area contributed by atoms with Crippen molar-refractivity contribution >= 4 is 23.4 Å². The van der Waals surface area contributed by atoms with Crippen LogP contribution < -0.4 is 9.80 Å². The Bertz CT molecular complexity index is 1160. The lowest BCUT2D eigenvalue weighted by atomic mass is 9.66. The molecule has 0 radical (unpaired) electrons. The van der Waals surface area contributed by atoms with Gasteiger partial charge in [0.15, 0.2) is 0 Å². The number of carbonyl (C=O) groups excluding carboxylic acids is 1. The Hall–Kier alpha value is -3.21. The van der Waals surface area contributed by atoms with Gasteiger partial charge in [0, 0.05) is 54.3 Å². The smallest absolute Gasteiger partial charge is 0.228 e. The number of hydrogen-bond acceptors (Lipinski definition) is 7. The molecule has 1 saturated heterocycles. The molecule has 4 heterocycles. The molecular weight excluding hydrogens is 426 g/mol.